The normalized spacial score (nSPS) is 34.8. The van der Waals surface area contributed by atoms with E-state index in [1.54, 1.807) is 0 Å². The minimum Gasteiger partial charge on any atom is -0.438 e. The van der Waals surface area contributed by atoms with Crippen LogP contribution in [0.25, 0.3) is 0 Å². The van der Waals surface area contributed by atoms with Crippen molar-refractivity contribution in [3.05, 3.63) is 34.9 Å². The van der Waals surface area contributed by atoms with Gasteiger partial charge in [0.15, 0.2) is 0 Å². The first-order valence-corrected chi connectivity index (χ1v) is 12.2. The van der Waals surface area contributed by atoms with E-state index in [-0.39, 0.29) is 12.0 Å². The lowest BCUT2D eigenvalue weighted by Crippen LogP contribution is -2.45. The molecule has 32 heavy (non-hydrogen) atoms. The third-order valence-corrected chi connectivity index (χ3v) is 8.34. The molecule has 3 saturated heterocycles. The van der Waals surface area contributed by atoms with Crippen molar-refractivity contribution in [3.8, 4) is 0 Å². The Bertz CT molecular complexity index is 911. The summed E-state index contributed by atoms with van der Waals surface area (Å²) in [5.74, 6) is 1.07. The molecule has 2 aliphatic carbocycles. The van der Waals surface area contributed by atoms with Gasteiger partial charge in [-0.05, 0) is 49.8 Å². The van der Waals surface area contributed by atoms with Gasteiger partial charge >= 0.3 is 6.09 Å². The van der Waals surface area contributed by atoms with E-state index in [4.69, 9.17) is 16.3 Å². The van der Waals surface area contributed by atoms with Crippen molar-refractivity contribution in [2.45, 2.75) is 49.8 Å². The van der Waals surface area contributed by atoms with E-state index in [1.807, 2.05) is 34.1 Å². The molecule has 0 bridgehead atoms. The van der Waals surface area contributed by atoms with Gasteiger partial charge in [-0.15, -0.1) is 0 Å². The van der Waals surface area contributed by atoms with Gasteiger partial charge in [0.25, 0.3) is 0 Å². The van der Waals surface area contributed by atoms with Crippen molar-refractivity contribution in [1.82, 2.24) is 26.2 Å². The number of rotatable bonds is 3. The van der Waals surface area contributed by atoms with Gasteiger partial charge in [-0.1, -0.05) is 23.7 Å². The Labute approximate surface area is 192 Å². The molecule has 3 N–H and O–H groups in total. The van der Waals surface area contributed by atoms with E-state index in [9.17, 15) is 9.59 Å². The lowest BCUT2D eigenvalue weighted by molar-refractivity contribution is -0.136. The fourth-order valence-corrected chi connectivity index (χ4v) is 6.29. The van der Waals surface area contributed by atoms with E-state index in [0.29, 0.717) is 47.9 Å². The molecule has 0 aromatic heterocycles. The molecule has 3 heterocycles. The number of carbonyl (C=O) groups excluding carboxylic acids is 2. The molecule has 2 amide bonds. The Kier molecular flexibility index (Phi) is 5.09. The quantitative estimate of drug-likeness (QED) is 0.641. The van der Waals surface area contributed by atoms with Crippen LogP contribution in [-0.2, 0) is 15.1 Å². The summed E-state index contributed by atoms with van der Waals surface area (Å²) in [5, 5.41) is 0.662. The molecule has 5 fully saturated rings. The van der Waals surface area contributed by atoms with Crippen molar-refractivity contribution in [3.63, 3.8) is 0 Å². The number of hydrogen-bond donors (Lipinski definition) is 3. The molecule has 172 valence electrons. The first-order chi connectivity index (χ1) is 15.5. The molecule has 6 rings (SSSR count). The molecule has 2 saturated carbocycles. The van der Waals surface area contributed by atoms with Crippen molar-refractivity contribution in [2.24, 2.45) is 17.8 Å². The Morgan fingerprint density at radius 3 is 2.44 bits per heavy atom. The molecule has 1 aromatic carbocycles. The molecule has 3 unspecified atom stereocenters. The van der Waals surface area contributed by atoms with E-state index < -0.39 is 5.60 Å². The maximum Gasteiger partial charge on any atom is 0.410 e. The van der Waals surface area contributed by atoms with Gasteiger partial charge in [0, 0.05) is 61.0 Å². The number of benzene rings is 1. The summed E-state index contributed by atoms with van der Waals surface area (Å²) in [5.41, 5.74) is 9.92. The lowest BCUT2D eigenvalue weighted by atomic mass is 9.82. The summed E-state index contributed by atoms with van der Waals surface area (Å²) in [6.07, 6.45) is 4.26. The van der Waals surface area contributed by atoms with Crippen LogP contribution in [0.3, 0.4) is 0 Å². The van der Waals surface area contributed by atoms with Crippen LogP contribution in [0, 0.1) is 17.8 Å². The molecule has 5 aliphatic rings. The lowest BCUT2D eigenvalue weighted by Gasteiger charge is -2.32. The zero-order valence-corrected chi connectivity index (χ0v) is 18.8. The summed E-state index contributed by atoms with van der Waals surface area (Å²) in [4.78, 5) is 30.0. The van der Waals surface area contributed by atoms with Gasteiger partial charge in [0.1, 0.15) is 5.60 Å². The highest BCUT2D eigenvalue weighted by Gasteiger charge is 2.51. The molecular weight excluding hydrogens is 430 g/mol. The van der Waals surface area contributed by atoms with Crippen LogP contribution in [0.2, 0.25) is 5.02 Å². The number of halogens is 1. The number of ether oxygens (including phenoxy) is 1. The zero-order valence-electron chi connectivity index (χ0n) is 18.1. The molecule has 1 aromatic rings. The second kappa shape index (κ2) is 7.87. The smallest absolute Gasteiger partial charge is 0.410 e. The third-order valence-electron chi connectivity index (χ3n) is 8.11. The molecule has 0 radical (unpaired) electrons. The number of carbonyl (C=O) groups is 2. The number of hydrazine groups is 2. The predicted octanol–water partition coefficient (Wildman–Crippen LogP) is 2.01. The van der Waals surface area contributed by atoms with Crippen LogP contribution in [0.4, 0.5) is 4.79 Å². The van der Waals surface area contributed by atoms with E-state index in [0.717, 1.165) is 50.8 Å². The summed E-state index contributed by atoms with van der Waals surface area (Å²) >= 11 is 6.14. The third kappa shape index (κ3) is 3.67. The van der Waals surface area contributed by atoms with Crippen molar-refractivity contribution in [2.75, 3.05) is 26.2 Å². The van der Waals surface area contributed by atoms with Crippen LogP contribution in [0.15, 0.2) is 24.3 Å². The molecule has 8 nitrogen and oxygen atoms in total. The van der Waals surface area contributed by atoms with Crippen molar-refractivity contribution in [1.29, 1.82) is 0 Å². The number of likely N-dealkylation sites (tertiary alicyclic amines) is 2. The number of amides is 2. The highest BCUT2D eigenvalue weighted by atomic mass is 35.5. The first-order valence-electron chi connectivity index (χ1n) is 11.8. The number of fused-ring (bicyclic) bond motifs is 2. The summed E-state index contributed by atoms with van der Waals surface area (Å²) in [6.45, 7) is 2.84. The average Bonchev–Trinajstić information content (AvgIpc) is 3.12. The van der Waals surface area contributed by atoms with Gasteiger partial charge < -0.3 is 14.5 Å². The van der Waals surface area contributed by atoms with Crippen LogP contribution in [0.5, 0.6) is 0 Å². The highest BCUT2D eigenvalue weighted by Crippen LogP contribution is 2.50. The summed E-state index contributed by atoms with van der Waals surface area (Å²) < 4.78 is 5.98. The van der Waals surface area contributed by atoms with Crippen LogP contribution in [0.1, 0.15) is 37.7 Å². The summed E-state index contributed by atoms with van der Waals surface area (Å²) in [6, 6.07) is 8.35. The maximum atomic E-state index is 13.2. The Morgan fingerprint density at radius 1 is 1.00 bits per heavy atom. The van der Waals surface area contributed by atoms with Crippen molar-refractivity contribution >= 4 is 23.6 Å². The fourth-order valence-electron chi connectivity index (χ4n) is 6.10. The van der Waals surface area contributed by atoms with Crippen LogP contribution in [-0.4, -0.2) is 60.1 Å². The monoisotopic (exact) mass is 459 g/mol. The van der Waals surface area contributed by atoms with Gasteiger partial charge in [-0.3, -0.25) is 4.79 Å². The molecule has 3 aliphatic heterocycles. The van der Waals surface area contributed by atoms with Crippen LogP contribution >= 0.6 is 11.6 Å². The maximum absolute atomic E-state index is 13.2. The Balaban J connectivity index is 1.03. The van der Waals surface area contributed by atoms with Crippen LogP contribution < -0.4 is 16.4 Å². The second-order valence-corrected chi connectivity index (χ2v) is 10.6. The molecular formula is C23H30ClN5O3. The Hall–Kier alpha value is -1.87. The van der Waals surface area contributed by atoms with Gasteiger partial charge in [0.05, 0.1) is 0 Å². The molecule has 9 heteroatoms. The number of hydrogen-bond acceptors (Lipinski definition) is 6. The largest absolute Gasteiger partial charge is 0.438 e. The van der Waals surface area contributed by atoms with E-state index >= 15 is 0 Å². The number of nitrogens with one attached hydrogen (secondary N) is 3. The fraction of sp³-hybridized carbons (Fsp3) is 0.652. The molecule has 0 spiro atoms. The first kappa shape index (κ1) is 20.7. The standard InChI is InChI=1S/C23H30ClN5O3/c24-18-3-1-2-17(9-18)23(6-7-23)32-22(31)29-12-15-10-28(11-16(15)13-29)21(30)14-4-5-19-20(8-14)26-27-25-19/h1-3,9,14-16,19-20,25-27H,4-8,10-13H2/t14?,15-,16+,19?,20?. The van der Waals surface area contributed by atoms with Gasteiger partial charge in [-0.2, -0.15) is 5.53 Å². The SMILES string of the molecule is O=C(OC1(c2cccc(Cl)c2)CC1)N1C[C@@H]2CN(C(=O)C3CCC4NNNC4C3)C[C@@H]2C1. The minimum atomic E-state index is -0.515. The highest BCUT2D eigenvalue weighted by molar-refractivity contribution is 6.30. The molecule has 5 atom stereocenters. The predicted molar refractivity (Wildman–Crippen MR) is 118 cm³/mol. The van der Waals surface area contributed by atoms with E-state index in [2.05, 4.69) is 16.4 Å². The topological polar surface area (TPSA) is 85.9 Å². The second-order valence-electron chi connectivity index (χ2n) is 10.2. The van der Waals surface area contributed by atoms with Gasteiger partial charge in [0.2, 0.25) is 5.91 Å². The zero-order chi connectivity index (χ0) is 21.9. The minimum absolute atomic E-state index is 0.0952. The van der Waals surface area contributed by atoms with Crippen molar-refractivity contribution < 1.29 is 14.3 Å². The number of nitrogens with zero attached hydrogens (tertiary/aromatic N) is 2. The van der Waals surface area contributed by atoms with Gasteiger partial charge in [-0.25, -0.2) is 15.6 Å². The average molecular weight is 460 g/mol. The van der Waals surface area contributed by atoms with E-state index in [1.165, 1.54) is 0 Å². The Morgan fingerprint density at radius 2 is 1.72 bits per heavy atom. The summed E-state index contributed by atoms with van der Waals surface area (Å²) in [7, 11) is 0.